The lowest BCUT2D eigenvalue weighted by Crippen LogP contribution is -2.20. The molecule has 0 spiro atoms. The van der Waals surface area contributed by atoms with Gasteiger partial charge in [-0.2, -0.15) is 4.68 Å². The summed E-state index contributed by atoms with van der Waals surface area (Å²) in [5, 5.41) is 7.23. The van der Waals surface area contributed by atoms with E-state index in [1.165, 1.54) is 7.11 Å². The van der Waals surface area contributed by atoms with Crippen LogP contribution >= 0.6 is 0 Å². The highest BCUT2D eigenvalue weighted by molar-refractivity contribution is 5.97. The lowest BCUT2D eigenvalue weighted by molar-refractivity contribution is 0.0601. The molecule has 2 aromatic carbocycles. The van der Waals surface area contributed by atoms with Gasteiger partial charge in [0, 0.05) is 5.69 Å². The SMILES string of the molecule is COC(=O)c1c(Nc2ccccc2)nn(C(=O)Oc2ccccc2)c1C. The molecule has 132 valence electrons. The highest BCUT2D eigenvalue weighted by atomic mass is 16.6. The Morgan fingerprint density at radius 2 is 1.62 bits per heavy atom. The van der Waals surface area contributed by atoms with Crippen LogP contribution in [0.15, 0.2) is 60.7 Å². The van der Waals surface area contributed by atoms with Gasteiger partial charge in [-0.3, -0.25) is 0 Å². The number of benzene rings is 2. The number of nitrogens with zero attached hydrogens (tertiary/aromatic N) is 2. The first-order valence-corrected chi connectivity index (χ1v) is 7.87. The summed E-state index contributed by atoms with van der Waals surface area (Å²) in [5.41, 5.74) is 1.20. The zero-order chi connectivity index (χ0) is 18.5. The minimum absolute atomic E-state index is 0.168. The van der Waals surface area contributed by atoms with Gasteiger partial charge >= 0.3 is 12.1 Å². The molecule has 0 aliphatic heterocycles. The molecule has 0 saturated heterocycles. The summed E-state index contributed by atoms with van der Waals surface area (Å²) in [6.07, 6.45) is -0.722. The quantitative estimate of drug-likeness (QED) is 0.721. The maximum atomic E-state index is 12.5. The monoisotopic (exact) mass is 351 g/mol. The second-order valence-electron chi connectivity index (χ2n) is 5.38. The normalized spacial score (nSPS) is 10.2. The lowest BCUT2D eigenvalue weighted by Gasteiger charge is -2.05. The molecule has 0 bridgehead atoms. The van der Waals surface area contributed by atoms with Crippen molar-refractivity contribution >= 4 is 23.6 Å². The molecule has 7 nitrogen and oxygen atoms in total. The molecule has 1 aromatic heterocycles. The van der Waals surface area contributed by atoms with Crippen LogP contribution in [0.25, 0.3) is 0 Å². The fourth-order valence-corrected chi connectivity index (χ4v) is 2.40. The molecule has 0 saturated carbocycles. The summed E-state index contributed by atoms with van der Waals surface area (Å²) in [6, 6.07) is 17.8. The standard InChI is InChI=1S/C19H17N3O4/c1-13-16(18(23)25-2)17(20-14-9-5-3-6-10-14)21-22(13)19(24)26-15-11-7-4-8-12-15/h3-12H,1-2H3,(H,20,21). The van der Waals surface area contributed by atoms with E-state index in [2.05, 4.69) is 10.4 Å². The number of ether oxygens (including phenoxy) is 2. The smallest absolute Gasteiger partial charge is 0.440 e. The zero-order valence-corrected chi connectivity index (χ0v) is 14.3. The maximum Gasteiger partial charge on any atom is 0.440 e. The van der Waals surface area contributed by atoms with E-state index < -0.39 is 12.1 Å². The molecule has 0 unspecified atom stereocenters. The van der Waals surface area contributed by atoms with Gasteiger partial charge in [0.25, 0.3) is 0 Å². The van der Waals surface area contributed by atoms with Crippen molar-refractivity contribution in [1.29, 1.82) is 0 Å². The number of aromatic nitrogens is 2. The molecule has 0 atom stereocenters. The number of hydrogen-bond donors (Lipinski definition) is 1. The lowest BCUT2D eigenvalue weighted by atomic mass is 10.2. The fraction of sp³-hybridized carbons (Fsp3) is 0.105. The van der Waals surface area contributed by atoms with Crippen LogP contribution in [0.2, 0.25) is 0 Å². The van der Waals surface area contributed by atoms with Crippen LogP contribution in [0.1, 0.15) is 16.1 Å². The number of rotatable bonds is 4. The highest BCUT2D eigenvalue weighted by Crippen LogP contribution is 2.24. The molecule has 3 aromatic rings. The first-order valence-electron chi connectivity index (χ1n) is 7.87. The molecule has 1 N–H and O–H groups in total. The minimum Gasteiger partial charge on any atom is -0.465 e. The molecule has 1 heterocycles. The Labute approximate surface area is 150 Å². The van der Waals surface area contributed by atoms with Crippen LogP contribution in [0, 0.1) is 6.92 Å². The van der Waals surface area contributed by atoms with Gasteiger partial charge in [-0.25, -0.2) is 9.59 Å². The Balaban J connectivity index is 1.95. The summed E-state index contributed by atoms with van der Waals surface area (Å²) in [5.74, 6) is -0.00478. The van der Waals surface area contributed by atoms with Crippen molar-refractivity contribution < 1.29 is 19.1 Å². The van der Waals surface area contributed by atoms with Gasteiger partial charge in [0.15, 0.2) is 5.82 Å². The Bertz CT molecular complexity index is 921. The molecule has 26 heavy (non-hydrogen) atoms. The molecule has 0 radical (unpaired) electrons. The summed E-state index contributed by atoms with van der Waals surface area (Å²) < 4.78 is 11.1. The predicted octanol–water partition coefficient (Wildman–Crippen LogP) is 3.77. The summed E-state index contributed by atoms with van der Waals surface area (Å²) in [7, 11) is 1.27. The summed E-state index contributed by atoms with van der Waals surface area (Å²) in [6.45, 7) is 1.60. The van der Waals surface area contributed by atoms with Gasteiger partial charge in [-0.05, 0) is 31.2 Å². The van der Waals surface area contributed by atoms with Gasteiger partial charge in [-0.15, -0.1) is 5.10 Å². The van der Waals surface area contributed by atoms with Gasteiger partial charge in [0.1, 0.15) is 11.3 Å². The Morgan fingerprint density at radius 1 is 1.00 bits per heavy atom. The van der Waals surface area contributed by atoms with Gasteiger partial charge in [0.05, 0.1) is 12.8 Å². The van der Waals surface area contributed by atoms with Crippen LogP contribution in [-0.4, -0.2) is 29.0 Å². The maximum absolute atomic E-state index is 12.5. The summed E-state index contributed by atoms with van der Waals surface area (Å²) >= 11 is 0. The van der Waals surface area contributed by atoms with E-state index in [1.54, 1.807) is 31.2 Å². The van der Waals surface area contributed by atoms with Gasteiger partial charge in [0.2, 0.25) is 0 Å². The predicted molar refractivity (Wildman–Crippen MR) is 95.9 cm³/mol. The Morgan fingerprint density at radius 3 is 2.23 bits per heavy atom. The number of carbonyl (C=O) groups is 2. The Kier molecular flexibility index (Phi) is 4.98. The molecule has 0 amide bonds. The van der Waals surface area contributed by atoms with E-state index in [1.807, 2.05) is 36.4 Å². The van der Waals surface area contributed by atoms with Crippen LogP contribution < -0.4 is 10.1 Å². The number of nitrogens with one attached hydrogen (secondary N) is 1. The van der Waals surface area contributed by atoms with E-state index in [4.69, 9.17) is 9.47 Å². The van der Waals surface area contributed by atoms with Gasteiger partial charge < -0.3 is 14.8 Å². The molecular weight excluding hydrogens is 334 g/mol. The average molecular weight is 351 g/mol. The van der Waals surface area contributed by atoms with Crippen LogP contribution in [-0.2, 0) is 4.74 Å². The number of methoxy groups -OCH3 is 1. The third-order valence-corrected chi connectivity index (χ3v) is 3.66. The number of hydrogen-bond acceptors (Lipinski definition) is 6. The van der Waals surface area contributed by atoms with Crippen molar-refractivity contribution in [1.82, 2.24) is 9.78 Å². The molecule has 7 heteroatoms. The van der Waals surface area contributed by atoms with E-state index in [9.17, 15) is 9.59 Å². The molecule has 3 rings (SSSR count). The molecule has 0 fully saturated rings. The van der Waals surface area contributed by atoms with E-state index >= 15 is 0 Å². The topological polar surface area (TPSA) is 82.5 Å². The molecule has 0 aliphatic carbocycles. The van der Waals surface area contributed by atoms with Gasteiger partial charge in [-0.1, -0.05) is 36.4 Å². The van der Waals surface area contributed by atoms with Crippen molar-refractivity contribution in [3.8, 4) is 5.75 Å². The van der Waals surface area contributed by atoms with E-state index in [-0.39, 0.29) is 11.4 Å². The largest absolute Gasteiger partial charge is 0.465 e. The first-order chi connectivity index (χ1) is 12.6. The van der Waals surface area contributed by atoms with Crippen LogP contribution in [0.4, 0.5) is 16.3 Å². The molecular formula is C19H17N3O4. The number of esters is 1. The van der Waals surface area contributed by atoms with Crippen LogP contribution in [0.3, 0.4) is 0 Å². The van der Waals surface area contributed by atoms with Crippen molar-refractivity contribution in [2.24, 2.45) is 0 Å². The van der Waals surface area contributed by atoms with Crippen molar-refractivity contribution in [3.63, 3.8) is 0 Å². The second-order valence-corrected chi connectivity index (χ2v) is 5.38. The summed E-state index contributed by atoms with van der Waals surface area (Å²) in [4.78, 5) is 24.6. The van der Waals surface area contributed by atoms with E-state index in [0.29, 0.717) is 11.4 Å². The molecule has 0 aliphatic rings. The zero-order valence-electron chi connectivity index (χ0n) is 14.3. The van der Waals surface area contributed by atoms with Crippen molar-refractivity contribution in [2.45, 2.75) is 6.92 Å². The van der Waals surface area contributed by atoms with Crippen molar-refractivity contribution in [2.75, 3.05) is 12.4 Å². The van der Waals surface area contributed by atoms with Crippen molar-refractivity contribution in [3.05, 3.63) is 71.9 Å². The third-order valence-electron chi connectivity index (χ3n) is 3.66. The minimum atomic E-state index is -0.722. The number of anilines is 2. The fourth-order valence-electron chi connectivity index (χ4n) is 2.40. The first kappa shape index (κ1) is 17.2. The Hall–Kier alpha value is -3.61. The average Bonchev–Trinajstić information content (AvgIpc) is 2.99. The number of carbonyl (C=O) groups excluding carboxylic acids is 2. The second kappa shape index (κ2) is 7.52. The third kappa shape index (κ3) is 3.56. The van der Waals surface area contributed by atoms with Crippen LogP contribution in [0.5, 0.6) is 5.75 Å². The van der Waals surface area contributed by atoms with E-state index in [0.717, 1.165) is 10.4 Å². The highest BCUT2D eigenvalue weighted by Gasteiger charge is 2.26. The number of para-hydroxylation sites is 2.